The lowest BCUT2D eigenvalue weighted by Crippen LogP contribution is -2.27. The Kier molecular flexibility index (Phi) is 3.94. The maximum absolute atomic E-state index is 12.4. The number of hydrogen-bond acceptors (Lipinski definition) is 3. The smallest absolute Gasteiger partial charge is 0.270 e. The molecule has 0 bridgehead atoms. The fraction of sp³-hybridized carbons (Fsp3) is 0.263. The van der Waals surface area contributed by atoms with Crippen LogP contribution in [0.1, 0.15) is 28.9 Å². The van der Waals surface area contributed by atoms with Crippen LogP contribution in [0.5, 0.6) is 0 Å². The minimum Gasteiger partial charge on any atom is -0.357 e. The van der Waals surface area contributed by atoms with Gasteiger partial charge < -0.3 is 9.88 Å². The topological polar surface area (TPSA) is 49.0 Å². The van der Waals surface area contributed by atoms with Crippen LogP contribution < -0.4 is 0 Å². The number of nitrogens with one attached hydrogen (secondary N) is 1. The van der Waals surface area contributed by atoms with E-state index < -0.39 is 0 Å². The van der Waals surface area contributed by atoms with E-state index in [4.69, 9.17) is 4.98 Å². The van der Waals surface area contributed by atoms with Gasteiger partial charge in [0.1, 0.15) is 10.7 Å². The Labute approximate surface area is 145 Å². The minimum atomic E-state index is 0.0908. The molecule has 4 rings (SSSR count). The summed E-state index contributed by atoms with van der Waals surface area (Å²) in [6, 6.07) is 10.2. The molecule has 0 saturated carbocycles. The zero-order chi connectivity index (χ0) is 16.5. The van der Waals surface area contributed by atoms with Gasteiger partial charge in [0.15, 0.2) is 0 Å². The van der Waals surface area contributed by atoms with Crippen molar-refractivity contribution in [1.29, 1.82) is 0 Å². The lowest BCUT2D eigenvalue weighted by Gasteiger charge is -2.13. The first-order valence-corrected chi connectivity index (χ1v) is 9.10. The second-order valence-corrected chi connectivity index (χ2v) is 7.01. The van der Waals surface area contributed by atoms with E-state index in [1.165, 1.54) is 5.56 Å². The number of aromatic amines is 1. The molecule has 4 nitrogen and oxygen atoms in total. The normalized spacial score (nSPS) is 14.3. The standard InChI is InChI=1S/C19H19N3OS/c1-13-6-2-3-7-15(13)18-21-17(12-24-18)14-10-16(20-11-14)19(23)22-8-4-5-9-22/h2-3,6-7,10-12,20H,4-5,8-9H2,1H3. The summed E-state index contributed by atoms with van der Waals surface area (Å²) in [6.45, 7) is 3.82. The van der Waals surface area contributed by atoms with E-state index in [-0.39, 0.29) is 5.91 Å². The summed E-state index contributed by atoms with van der Waals surface area (Å²) in [7, 11) is 0. The Morgan fingerprint density at radius 1 is 1.25 bits per heavy atom. The van der Waals surface area contributed by atoms with Gasteiger partial charge in [0.05, 0.1) is 5.69 Å². The molecule has 0 unspecified atom stereocenters. The molecule has 0 radical (unpaired) electrons. The number of benzene rings is 1. The van der Waals surface area contributed by atoms with Crippen molar-refractivity contribution < 1.29 is 4.79 Å². The van der Waals surface area contributed by atoms with Gasteiger partial charge in [-0.25, -0.2) is 4.98 Å². The number of carbonyl (C=O) groups excluding carboxylic acids is 1. The van der Waals surface area contributed by atoms with Crippen molar-refractivity contribution in [2.45, 2.75) is 19.8 Å². The minimum absolute atomic E-state index is 0.0908. The molecule has 122 valence electrons. The highest BCUT2D eigenvalue weighted by Gasteiger charge is 2.21. The Balaban J connectivity index is 1.59. The third-order valence-electron chi connectivity index (χ3n) is 4.48. The first kappa shape index (κ1) is 15.1. The lowest BCUT2D eigenvalue weighted by molar-refractivity contribution is 0.0788. The van der Waals surface area contributed by atoms with Crippen molar-refractivity contribution in [3.63, 3.8) is 0 Å². The van der Waals surface area contributed by atoms with Crippen LogP contribution in [0.3, 0.4) is 0 Å². The monoisotopic (exact) mass is 337 g/mol. The molecular weight excluding hydrogens is 318 g/mol. The molecule has 1 aromatic carbocycles. The van der Waals surface area contributed by atoms with Gasteiger partial charge >= 0.3 is 0 Å². The van der Waals surface area contributed by atoms with Crippen LogP contribution in [0.4, 0.5) is 0 Å². The summed E-state index contributed by atoms with van der Waals surface area (Å²) < 4.78 is 0. The summed E-state index contributed by atoms with van der Waals surface area (Å²) in [5.74, 6) is 0.0908. The number of carbonyl (C=O) groups is 1. The third-order valence-corrected chi connectivity index (χ3v) is 5.36. The molecule has 2 aromatic heterocycles. The molecule has 24 heavy (non-hydrogen) atoms. The average molecular weight is 337 g/mol. The number of aromatic nitrogens is 2. The van der Waals surface area contributed by atoms with Crippen molar-refractivity contribution in [3.8, 4) is 21.8 Å². The quantitative estimate of drug-likeness (QED) is 0.772. The molecule has 0 atom stereocenters. The summed E-state index contributed by atoms with van der Waals surface area (Å²) in [5.41, 5.74) is 4.91. The molecule has 1 saturated heterocycles. The Morgan fingerprint density at radius 2 is 2.04 bits per heavy atom. The number of H-pyrrole nitrogens is 1. The second-order valence-electron chi connectivity index (χ2n) is 6.15. The maximum Gasteiger partial charge on any atom is 0.270 e. The molecule has 5 heteroatoms. The van der Waals surface area contributed by atoms with Crippen molar-refractivity contribution in [2.24, 2.45) is 0 Å². The van der Waals surface area contributed by atoms with Crippen molar-refractivity contribution in [1.82, 2.24) is 14.9 Å². The van der Waals surface area contributed by atoms with Gasteiger partial charge in [0, 0.05) is 35.8 Å². The van der Waals surface area contributed by atoms with E-state index in [0.717, 1.165) is 47.8 Å². The number of amides is 1. The molecule has 1 aliphatic heterocycles. The van der Waals surface area contributed by atoms with E-state index in [1.807, 2.05) is 29.3 Å². The molecule has 0 aliphatic carbocycles. The van der Waals surface area contributed by atoms with Crippen LogP contribution in [0.25, 0.3) is 21.8 Å². The molecule has 1 fully saturated rings. The van der Waals surface area contributed by atoms with Crippen LogP contribution in [-0.2, 0) is 0 Å². The van der Waals surface area contributed by atoms with Gasteiger partial charge in [-0.15, -0.1) is 11.3 Å². The second kappa shape index (κ2) is 6.24. The Morgan fingerprint density at radius 3 is 2.83 bits per heavy atom. The van der Waals surface area contributed by atoms with E-state index in [2.05, 4.69) is 29.4 Å². The van der Waals surface area contributed by atoms with E-state index in [9.17, 15) is 4.79 Å². The predicted octanol–water partition coefficient (Wildman–Crippen LogP) is 4.35. The van der Waals surface area contributed by atoms with Gasteiger partial charge in [0.2, 0.25) is 0 Å². The van der Waals surface area contributed by atoms with E-state index in [0.29, 0.717) is 5.69 Å². The summed E-state index contributed by atoms with van der Waals surface area (Å²) in [4.78, 5) is 22.2. The Hall–Kier alpha value is -2.40. The third kappa shape index (κ3) is 2.76. The molecule has 3 heterocycles. The van der Waals surface area contributed by atoms with Crippen LogP contribution in [-0.4, -0.2) is 33.9 Å². The largest absolute Gasteiger partial charge is 0.357 e. The highest BCUT2D eigenvalue weighted by Crippen LogP contribution is 2.31. The summed E-state index contributed by atoms with van der Waals surface area (Å²) in [5, 5.41) is 3.06. The van der Waals surface area contributed by atoms with Crippen LogP contribution >= 0.6 is 11.3 Å². The molecule has 1 amide bonds. The molecule has 1 aliphatic rings. The fourth-order valence-electron chi connectivity index (χ4n) is 3.10. The van der Waals surface area contributed by atoms with Crippen molar-refractivity contribution in [2.75, 3.05) is 13.1 Å². The van der Waals surface area contributed by atoms with E-state index in [1.54, 1.807) is 11.3 Å². The highest BCUT2D eigenvalue weighted by atomic mass is 32.1. The number of rotatable bonds is 3. The predicted molar refractivity (Wildman–Crippen MR) is 97.2 cm³/mol. The fourth-order valence-corrected chi connectivity index (χ4v) is 4.02. The zero-order valence-corrected chi connectivity index (χ0v) is 14.4. The summed E-state index contributed by atoms with van der Waals surface area (Å²) >= 11 is 1.63. The lowest BCUT2D eigenvalue weighted by atomic mass is 10.1. The summed E-state index contributed by atoms with van der Waals surface area (Å²) in [6.07, 6.45) is 4.08. The molecule has 1 N–H and O–H groups in total. The maximum atomic E-state index is 12.4. The average Bonchev–Trinajstić information content (AvgIpc) is 3.34. The molecular formula is C19H19N3OS. The molecule has 3 aromatic rings. The Bertz CT molecular complexity index is 874. The van der Waals surface area contributed by atoms with E-state index >= 15 is 0 Å². The van der Waals surface area contributed by atoms with Gasteiger partial charge in [0.25, 0.3) is 5.91 Å². The first-order valence-electron chi connectivity index (χ1n) is 8.22. The van der Waals surface area contributed by atoms with Crippen LogP contribution in [0, 0.1) is 6.92 Å². The number of thiazole rings is 1. The number of aryl methyl sites for hydroxylation is 1. The van der Waals surface area contributed by atoms with Crippen LogP contribution in [0.2, 0.25) is 0 Å². The van der Waals surface area contributed by atoms with Crippen LogP contribution in [0.15, 0.2) is 41.9 Å². The number of hydrogen-bond donors (Lipinski definition) is 1. The van der Waals surface area contributed by atoms with Crippen molar-refractivity contribution >= 4 is 17.2 Å². The van der Waals surface area contributed by atoms with Gasteiger partial charge in [-0.2, -0.15) is 0 Å². The van der Waals surface area contributed by atoms with Gasteiger partial charge in [-0.3, -0.25) is 4.79 Å². The zero-order valence-electron chi connectivity index (χ0n) is 13.6. The first-order chi connectivity index (χ1) is 11.7. The number of nitrogens with zero attached hydrogens (tertiary/aromatic N) is 2. The highest BCUT2D eigenvalue weighted by molar-refractivity contribution is 7.13. The van der Waals surface area contributed by atoms with Crippen molar-refractivity contribution in [3.05, 3.63) is 53.2 Å². The number of likely N-dealkylation sites (tertiary alicyclic amines) is 1. The van der Waals surface area contributed by atoms with Gasteiger partial charge in [-0.1, -0.05) is 24.3 Å². The van der Waals surface area contributed by atoms with Gasteiger partial charge in [-0.05, 0) is 31.4 Å². The SMILES string of the molecule is Cc1ccccc1-c1nc(-c2c[nH]c(C(=O)N3CCCC3)c2)cs1. The molecule has 0 spiro atoms.